The van der Waals surface area contributed by atoms with Crippen molar-refractivity contribution >= 4 is 23.7 Å². The Hall–Kier alpha value is -3.58. The topological polar surface area (TPSA) is 69.2 Å². The summed E-state index contributed by atoms with van der Waals surface area (Å²) in [5.74, 6) is 0.688. The molecule has 0 aliphatic carbocycles. The molecule has 0 aliphatic rings. The van der Waals surface area contributed by atoms with Crippen molar-refractivity contribution in [2.24, 2.45) is 5.10 Å². The van der Waals surface area contributed by atoms with Crippen molar-refractivity contribution in [1.29, 1.82) is 0 Å². The van der Waals surface area contributed by atoms with E-state index in [1.165, 1.54) is 19.4 Å². The molecule has 0 aliphatic heterocycles. The average Bonchev–Trinajstić information content (AvgIpc) is 2.80. The summed E-state index contributed by atoms with van der Waals surface area (Å²) < 4.78 is 30.0. The summed E-state index contributed by atoms with van der Waals surface area (Å²) in [6.45, 7) is 2.41. The second kappa shape index (κ2) is 11.2. The number of carbonyl (C=O) groups excluding carboxylic acids is 1. The van der Waals surface area contributed by atoms with Gasteiger partial charge in [-0.3, -0.25) is 4.79 Å². The van der Waals surface area contributed by atoms with Crippen LogP contribution in [0.15, 0.2) is 65.8 Å². The molecule has 1 amide bonds. The van der Waals surface area contributed by atoms with Crippen molar-refractivity contribution in [2.75, 3.05) is 13.7 Å². The van der Waals surface area contributed by atoms with Crippen molar-refractivity contribution in [1.82, 2.24) is 5.43 Å². The van der Waals surface area contributed by atoms with Gasteiger partial charge in [0.25, 0.3) is 5.91 Å². The second-order valence-electron chi connectivity index (χ2n) is 6.57. The molecule has 0 heterocycles. The smallest absolute Gasteiger partial charge is 0.271 e. The quantitative estimate of drug-likeness (QED) is 0.353. The lowest BCUT2D eigenvalue weighted by Gasteiger charge is -2.10. The zero-order chi connectivity index (χ0) is 22.9. The first-order chi connectivity index (χ1) is 15.5. The molecule has 0 unspecified atom stereocenters. The summed E-state index contributed by atoms with van der Waals surface area (Å²) in [6, 6.07) is 16.2. The lowest BCUT2D eigenvalue weighted by molar-refractivity contribution is 0.0954. The van der Waals surface area contributed by atoms with E-state index in [4.69, 9.17) is 25.8 Å². The van der Waals surface area contributed by atoms with Crippen molar-refractivity contribution < 1.29 is 23.4 Å². The van der Waals surface area contributed by atoms with Crippen LogP contribution in [0, 0.1) is 5.82 Å². The summed E-state index contributed by atoms with van der Waals surface area (Å²) in [5, 5.41) is 4.30. The second-order valence-corrected chi connectivity index (χ2v) is 6.97. The Labute approximate surface area is 190 Å². The number of nitrogens with zero attached hydrogens (tertiary/aromatic N) is 1. The average molecular weight is 457 g/mol. The van der Waals surface area contributed by atoms with E-state index in [-0.39, 0.29) is 12.4 Å². The van der Waals surface area contributed by atoms with E-state index in [0.29, 0.717) is 45.6 Å². The van der Waals surface area contributed by atoms with Gasteiger partial charge in [-0.1, -0.05) is 29.8 Å². The van der Waals surface area contributed by atoms with Gasteiger partial charge in [-0.05, 0) is 55.0 Å². The number of hydrogen-bond donors (Lipinski definition) is 1. The summed E-state index contributed by atoms with van der Waals surface area (Å²) in [4.78, 5) is 12.3. The van der Waals surface area contributed by atoms with Crippen molar-refractivity contribution in [2.45, 2.75) is 13.5 Å². The molecule has 0 fully saturated rings. The molecule has 32 heavy (non-hydrogen) atoms. The molecule has 166 valence electrons. The van der Waals surface area contributed by atoms with Gasteiger partial charge in [0.05, 0.1) is 25.0 Å². The van der Waals surface area contributed by atoms with Crippen LogP contribution in [0.25, 0.3) is 0 Å². The molecular formula is C24H22ClFN2O4. The number of methoxy groups -OCH3 is 1. The molecule has 1 N–H and O–H groups in total. The number of ether oxygens (including phenoxy) is 3. The van der Waals surface area contributed by atoms with Gasteiger partial charge >= 0.3 is 0 Å². The van der Waals surface area contributed by atoms with E-state index in [2.05, 4.69) is 10.5 Å². The number of nitrogens with one attached hydrogen (secondary N) is 1. The first kappa shape index (κ1) is 23.1. The molecule has 0 saturated carbocycles. The van der Waals surface area contributed by atoms with Crippen LogP contribution < -0.4 is 19.6 Å². The van der Waals surface area contributed by atoms with Gasteiger partial charge in [0.1, 0.15) is 18.2 Å². The normalized spacial score (nSPS) is 10.8. The van der Waals surface area contributed by atoms with Gasteiger partial charge in [-0.15, -0.1) is 0 Å². The summed E-state index contributed by atoms with van der Waals surface area (Å²) in [5.41, 5.74) is 3.91. The molecule has 0 spiro atoms. The van der Waals surface area contributed by atoms with Crippen LogP contribution in [0.5, 0.6) is 17.2 Å². The number of carbonyl (C=O) groups is 1. The molecule has 6 nitrogen and oxygen atoms in total. The molecule has 3 aromatic carbocycles. The van der Waals surface area contributed by atoms with E-state index >= 15 is 0 Å². The standard InChI is InChI=1S/C24H22ClFN2O4/c1-3-31-22-11-9-17(13-23(22)30-2)24(29)28-27-14-16-8-10-21(19(25)12-16)32-15-18-6-4-5-7-20(18)26/h4-14H,3,15H2,1-2H3,(H,28,29)/b27-14+. The summed E-state index contributed by atoms with van der Waals surface area (Å²) in [6.07, 6.45) is 1.45. The highest BCUT2D eigenvalue weighted by Crippen LogP contribution is 2.28. The number of amides is 1. The van der Waals surface area contributed by atoms with Gasteiger partial charge in [-0.25, -0.2) is 9.82 Å². The lowest BCUT2D eigenvalue weighted by Crippen LogP contribution is -2.17. The Morgan fingerprint density at radius 1 is 1.06 bits per heavy atom. The molecule has 8 heteroatoms. The highest BCUT2D eigenvalue weighted by atomic mass is 35.5. The van der Waals surface area contributed by atoms with Crippen LogP contribution in [-0.4, -0.2) is 25.8 Å². The molecule has 0 bridgehead atoms. The van der Waals surface area contributed by atoms with Crippen LogP contribution in [0.4, 0.5) is 4.39 Å². The van der Waals surface area contributed by atoms with Gasteiger partial charge in [0.2, 0.25) is 0 Å². The molecule has 0 atom stereocenters. The van der Waals surface area contributed by atoms with E-state index < -0.39 is 5.91 Å². The largest absolute Gasteiger partial charge is 0.493 e. The first-order valence-electron chi connectivity index (χ1n) is 9.81. The zero-order valence-electron chi connectivity index (χ0n) is 17.6. The fourth-order valence-electron chi connectivity index (χ4n) is 2.80. The Morgan fingerprint density at radius 2 is 1.84 bits per heavy atom. The zero-order valence-corrected chi connectivity index (χ0v) is 18.4. The maximum Gasteiger partial charge on any atom is 0.271 e. The van der Waals surface area contributed by atoms with Crippen molar-refractivity contribution in [3.8, 4) is 17.2 Å². The molecule has 3 aromatic rings. The number of halogens is 2. The highest BCUT2D eigenvalue weighted by molar-refractivity contribution is 6.32. The third-order valence-electron chi connectivity index (χ3n) is 4.40. The van der Waals surface area contributed by atoms with Crippen molar-refractivity contribution in [3.05, 3.63) is 88.2 Å². The number of rotatable bonds is 9. The van der Waals surface area contributed by atoms with Crippen LogP contribution in [0.1, 0.15) is 28.4 Å². The molecule has 0 saturated heterocycles. The highest BCUT2D eigenvalue weighted by Gasteiger charge is 2.11. The minimum absolute atomic E-state index is 0.0570. The van der Waals surface area contributed by atoms with E-state index in [1.54, 1.807) is 54.6 Å². The lowest BCUT2D eigenvalue weighted by atomic mass is 10.2. The molecule has 0 aromatic heterocycles. The maximum absolute atomic E-state index is 13.7. The minimum Gasteiger partial charge on any atom is -0.493 e. The third kappa shape index (κ3) is 5.98. The fraction of sp³-hybridized carbons (Fsp3) is 0.167. The van der Waals surface area contributed by atoms with E-state index in [1.807, 2.05) is 6.92 Å². The Bertz CT molecular complexity index is 1120. The first-order valence-corrected chi connectivity index (χ1v) is 10.2. The SMILES string of the molecule is CCOc1ccc(C(=O)N/N=C/c2ccc(OCc3ccccc3F)c(Cl)c2)cc1OC. The van der Waals surface area contributed by atoms with Crippen LogP contribution in [0.3, 0.4) is 0 Å². The summed E-state index contributed by atoms with van der Waals surface area (Å²) in [7, 11) is 1.51. The Balaban J connectivity index is 1.60. The van der Waals surface area contributed by atoms with Gasteiger partial charge in [0, 0.05) is 11.1 Å². The molecule has 3 rings (SSSR count). The number of hydrazone groups is 1. The monoisotopic (exact) mass is 456 g/mol. The third-order valence-corrected chi connectivity index (χ3v) is 4.70. The van der Waals surface area contributed by atoms with Gasteiger partial charge in [-0.2, -0.15) is 5.10 Å². The Morgan fingerprint density at radius 3 is 2.56 bits per heavy atom. The van der Waals surface area contributed by atoms with Gasteiger partial charge in [0.15, 0.2) is 11.5 Å². The minimum atomic E-state index is -0.404. The predicted octanol–water partition coefficient (Wildman–Crippen LogP) is 5.23. The number of hydrogen-bond acceptors (Lipinski definition) is 5. The Kier molecular flexibility index (Phi) is 8.05. The fourth-order valence-corrected chi connectivity index (χ4v) is 3.04. The molecule has 0 radical (unpaired) electrons. The molecular weight excluding hydrogens is 435 g/mol. The van der Waals surface area contributed by atoms with Gasteiger partial charge < -0.3 is 14.2 Å². The van der Waals surface area contributed by atoms with Crippen molar-refractivity contribution in [3.63, 3.8) is 0 Å². The summed E-state index contributed by atoms with van der Waals surface area (Å²) >= 11 is 6.25. The van der Waals surface area contributed by atoms with E-state index in [9.17, 15) is 9.18 Å². The van der Waals surface area contributed by atoms with Crippen LogP contribution in [0.2, 0.25) is 5.02 Å². The van der Waals surface area contributed by atoms with Crippen LogP contribution in [-0.2, 0) is 6.61 Å². The number of benzene rings is 3. The predicted molar refractivity (Wildman–Crippen MR) is 121 cm³/mol. The van der Waals surface area contributed by atoms with Crippen LogP contribution >= 0.6 is 11.6 Å². The maximum atomic E-state index is 13.7. The van der Waals surface area contributed by atoms with E-state index in [0.717, 1.165) is 0 Å².